The summed E-state index contributed by atoms with van der Waals surface area (Å²) < 4.78 is 43.3. The molecule has 7 nitrogen and oxygen atoms in total. The van der Waals surface area contributed by atoms with Gasteiger partial charge in [0.05, 0.1) is 17.8 Å². The molecule has 1 aromatic heterocycles. The summed E-state index contributed by atoms with van der Waals surface area (Å²) in [5, 5.41) is 4.88. The number of rotatable bonds is 3. The number of hydrogen-bond acceptors (Lipinski definition) is 6. The van der Waals surface area contributed by atoms with E-state index in [0.29, 0.717) is 5.71 Å². The fourth-order valence-electron chi connectivity index (χ4n) is 2.01. The minimum Gasteiger partial charge on any atom is -0.298 e. The highest BCUT2D eigenvalue weighted by atomic mass is 19.4. The smallest absolute Gasteiger partial charge is 0.298 e. The van der Waals surface area contributed by atoms with Crippen molar-refractivity contribution >= 4 is 11.4 Å². The van der Waals surface area contributed by atoms with Gasteiger partial charge in [0.15, 0.2) is 5.82 Å². The molecule has 10 heteroatoms. The third kappa shape index (κ3) is 3.25. The molecule has 0 spiro atoms. The first-order chi connectivity index (χ1) is 10.9. The van der Waals surface area contributed by atoms with E-state index in [2.05, 4.69) is 25.1 Å². The van der Waals surface area contributed by atoms with Gasteiger partial charge in [-0.2, -0.15) is 13.2 Å². The lowest BCUT2D eigenvalue weighted by Gasteiger charge is -2.26. The van der Waals surface area contributed by atoms with Gasteiger partial charge in [0.25, 0.3) is 0 Å². The van der Waals surface area contributed by atoms with Crippen LogP contribution in [0.25, 0.3) is 0 Å². The monoisotopic (exact) mass is 325 g/mol. The molecule has 0 radical (unpaired) electrons. The topological polar surface area (TPSA) is 86.5 Å². The van der Waals surface area contributed by atoms with Crippen LogP contribution in [-0.2, 0) is 6.18 Å². The van der Waals surface area contributed by atoms with E-state index in [1.54, 1.807) is 0 Å². The van der Waals surface area contributed by atoms with Gasteiger partial charge < -0.3 is 0 Å². The summed E-state index contributed by atoms with van der Waals surface area (Å²) in [5.41, 5.74) is 2.12. The van der Waals surface area contributed by atoms with Gasteiger partial charge in [0.2, 0.25) is 0 Å². The second-order valence-electron chi connectivity index (χ2n) is 4.60. The zero-order valence-corrected chi connectivity index (χ0v) is 11.5. The third-order valence-electron chi connectivity index (χ3n) is 3.01. The Morgan fingerprint density at radius 2 is 2.09 bits per heavy atom. The molecule has 120 valence electrons. The van der Waals surface area contributed by atoms with Crippen LogP contribution >= 0.6 is 0 Å². The molecule has 3 rings (SSSR count). The Morgan fingerprint density at radius 1 is 1.30 bits per heavy atom. The number of hydrogen-bond donors (Lipinski definition) is 2. The molecule has 1 aliphatic heterocycles. The average Bonchev–Trinajstić information content (AvgIpc) is 2.94. The van der Waals surface area contributed by atoms with Crippen molar-refractivity contribution in [2.75, 3.05) is 12.0 Å². The van der Waals surface area contributed by atoms with Gasteiger partial charge in [-0.15, -0.1) is 0 Å². The number of H-pyrrole nitrogens is 1. The largest absolute Gasteiger partial charge is 0.439 e. The number of aromatic nitrogens is 2. The van der Waals surface area contributed by atoms with Crippen LogP contribution in [0.2, 0.25) is 0 Å². The van der Waals surface area contributed by atoms with Gasteiger partial charge >= 0.3 is 11.9 Å². The van der Waals surface area contributed by atoms with E-state index in [1.807, 2.05) is 0 Å². The minimum absolute atomic E-state index is 0.0885. The molecule has 2 N–H and O–H groups in total. The quantitative estimate of drug-likeness (QED) is 0.901. The maximum absolute atomic E-state index is 13.0. The van der Waals surface area contributed by atoms with E-state index in [0.717, 1.165) is 6.07 Å². The van der Waals surface area contributed by atoms with Crippen LogP contribution in [0.5, 0.6) is 0 Å². The van der Waals surface area contributed by atoms with Crippen molar-refractivity contribution in [3.8, 4) is 0 Å². The maximum Gasteiger partial charge on any atom is 0.439 e. The number of nitrogens with zero attached hydrogens (tertiary/aromatic N) is 3. The summed E-state index contributed by atoms with van der Waals surface area (Å²) in [4.78, 5) is 17.3. The number of aromatic amines is 1. The van der Waals surface area contributed by atoms with Crippen molar-refractivity contribution in [3.05, 3.63) is 58.6 Å². The van der Waals surface area contributed by atoms with Crippen molar-refractivity contribution in [2.24, 2.45) is 4.99 Å². The lowest BCUT2D eigenvalue weighted by atomic mass is 10.2. The molecular formula is C13H10F3N5O2. The first kappa shape index (κ1) is 14.9. The highest BCUT2D eigenvalue weighted by Gasteiger charge is 2.33. The zero-order chi connectivity index (χ0) is 16.4. The predicted molar refractivity (Wildman–Crippen MR) is 74.6 cm³/mol. The maximum atomic E-state index is 13.0. The summed E-state index contributed by atoms with van der Waals surface area (Å²) >= 11 is 0. The van der Waals surface area contributed by atoms with Gasteiger partial charge in [-0.05, 0) is 12.1 Å². The molecule has 0 amide bonds. The van der Waals surface area contributed by atoms with Crippen molar-refractivity contribution in [1.29, 1.82) is 0 Å². The number of para-hydroxylation sites is 1. The Kier molecular flexibility index (Phi) is 3.64. The molecule has 0 saturated carbocycles. The number of alkyl halides is 3. The fraction of sp³-hybridized carbons (Fsp3) is 0.154. The van der Waals surface area contributed by atoms with Crippen molar-refractivity contribution < 1.29 is 17.7 Å². The van der Waals surface area contributed by atoms with Crippen molar-refractivity contribution in [1.82, 2.24) is 15.1 Å². The summed E-state index contributed by atoms with van der Waals surface area (Å²) in [6, 6.07) is 5.11. The highest BCUT2D eigenvalue weighted by Crippen LogP contribution is 2.34. The Morgan fingerprint density at radius 3 is 2.78 bits per heavy atom. The Labute approximate surface area is 127 Å². The Hall–Kier alpha value is -3.04. The second kappa shape index (κ2) is 5.63. The number of hydrazine groups is 1. The van der Waals surface area contributed by atoms with Crippen LogP contribution in [0.1, 0.15) is 11.4 Å². The van der Waals surface area contributed by atoms with Crippen molar-refractivity contribution in [3.63, 3.8) is 0 Å². The van der Waals surface area contributed by atoms with Crippen LogP contribution in [0.3, 0.4) is 0 Å². The van der Waals surface area contributed by atoms with E-state index in [-0.39, 0.29) is 18.1 Å². The van der Waals surface area contributed by atoms with Crippen LogP contribution in [0, 0.1) is 0 Å². The number of benzene rings is 1. The van der Waals surface area contributed by atoms with Crippen LogP contribution < -0.4 is 11.2 Å². The molecule has 23 heavy (non-hydrogen) atoms. The number of anilines is 1. The Bertz CT molecular complexity index is 821. The minimum atomic E-state index is -4.47. The molecule has 0 fully saturated rings. The highest BCUT2D eigenvalue weighted by molar-refractivity contribution is 5.99. The van der Waals surface area contributed by atoms with Crippen LogP contribution in [0.4, 0.5) is 18.9 Å². The SMILES string of the molecule is O=c1[nH]c(C2=NC=CN(Nc3ccccc3C(F)(F)F)C2)no1. The van der Waals surface area contributed by atoms with Crippen LogP contribution in [-0.4, -0.2) is 27.4 Å². The summed E-state index contributed by atoms with van der Waals surface area (Å²) in [6.07, 6.45) is -1.64. The lowest BCUT2D eigenvalue weighted by Crippen LogP contribution is -2.34. The molecule has 0 aliphatic carbocycles. The molecule has 1 aliphatic rings. The molecule has 0 saturated heterocycles. The van der Waals surface area contributed by atoms with E-state index in [9.17, 15) is 18.0 Å². The van der Waals surface area contributed by atoms with Gasteiger partial charge in [-0.25, -0.2) is 4.79 Å². The van der Waals surface area contributed by atoms with Gasteiger partial charge in [-0.1, -0.05) is 17.3 Å². The molecule has 1 aromatic carbocycles. The number of halogens is 3. The zero-order valence-electron chi connectivity index (χ0n) is 11.5. The van der Waals surface area contributed by atoms with Gasteiger partial charge in [-0.3, -0.25) is 24.9 Å². The lowest BCUT2D eigenvalue weighted by molar-refractivity contribution is -0.137. The molecular weight excluding hydrogens is 315 g/mol. The first-order valence-electron chi connectivity index (χ1n) is 6.43. The Balaban J connectivity index is 1.79. The summed E-state index contributed by atoms with van der Waals surface area (Å²) in [5.74, 6) is -0.616. The van der Waals surface area contributed by atoms with Gasteiger partial charge in [0, 0.05) is 12.4 Å². The first-order valence-corrected chi connectivity index (χ1v) is 6.43. The molecule has 2 heterocycles. The van der Waals surface area contributed by atoms with E-state index < -0.39 is 17.5 Å². The van der Waals surface area contributed by atoms with Gasteiger partial charge in [0.1, 0.15) is 5.71 Å². The third-order valence-corrected chi connectivity index (χ3v) is 3.01. The normalized spacial score (nSPS) is 14.7. The number of aliphatic imine (C=N–C) groups is 1. The molecule has 2 aromatic rings. The predicted octanol–water partition coefficient (Wildman–Crippen LogP) is 1.98. The fourth-order valence-corrected chi connectivity index (χ4v) is 2.01. The molecule has 0 unspecified atom stereocenters. The van der Waals surface area contributed by atoms with E-state index in [1.165, 1.54) is 35.6 Å². The molecule has 0 atom stereocenters. The van der Waals surface area contributed by atoms with E-state index >= 15 is 0 Å². The summed E-state index contributed by atoms with van der Waals surface area (Å²) in [7, 11) is 0. The van der Waals surface area contributed by atoms with Crippen molar-refractivity contribution in [2.45, 2.75) is 6.18 Å². The average molecular weight is 325 g/mol. The number of nitrogens with one attached hydrogen (secondary N) is 2. The van der Waals surface area contributed by atoms with Crippen LogP contribution in [0.15, 0.2) is 51.0 Å². The molecule has 0 bridgehead atoms. The standard InChI is InChI=1S/C13H10F3N5O2/c14-13(15,16)8-3-1-2-4-9(8)19-21-6-5-17-10(7-21)11-18-12(22)23-20-11/h1-6,19H,7H2,(H,18,20,22). The summed E-state index contributed by atoms with van der Waals surface area (Å²) in [6.45, 7) is 0.0885. The second-order valence-corrected chi connectivity index (χ2v) is 4.60. The van der Waals surface area contributed by atoms with E-state index in [4.69, 9.17) is 0 Å².